The van der Waals surface area contributed by atoms with Gasteiger partial charge in [-0.15, -0.1) is 0 Å². The molecule has 0 saturated carbocycles. The van der Waals surface area contributed by atoms with E-state index in [1.165, 1.54) is 23.1 Å². The Morgan fingerprint density at radius 3 is 2.76 bits per heavy atom. The quantitative estimate of drug-likeness (QED) is 0.797. The van der Waals surface area contributed by atoms with Crippen LogP contribution in [-0.4, -0.2) is 17.9 Å². The van der Waals surface area contributed by atoms with Gasteiger partial charge in [-0.25, -0.2) is 9.37 Å². The molecule has 1 aromatic carbocycles. The first kappa shape index (κ1) is 15.4. The van der Waals surface area contributed by atoms with Gasteiger partial charge in [0.15, 0.2) is 0 Å². The molecular weight excluding hydrogens is 291 g/mol. The summed E-state index contributed by atoms with van der Waals surface area (Å²) < 4.78 is 13.3. The molecule has 1 amide bonds. The average molecular weight is 307 g/mol. The van der Waals surface area contributed by atoms with Crippen LogP contribution in [0.3, 0.4) is 0 Å². The van der Waals surface area contributed by atoms with E-state index in [2.05, 4.69) is 4.98 Å². The summed E-state index contributed by atoms with van der Waals surface area (Å²) in [5, 5.41) is 0.289. The standard InChI is InChI=1S/C16H16ClFN2O/c1-3-5-13-8-11(9-15(17)19-13)16(21)20(2)14-7-4-6-12(18)10-14/h4,6-10H,3,5H2,1-2H3. The van der Waals surface area contributed by atoms with Crippen LogP contribution in [0.5, 0.6) is 0 Å². The highest BCUT2D eigenvalue weighted by Gasteiger charge is 2.15. The van der Waals surface area contributed by atoms with Crippen molar-refractivity contribution in [2.24, 2.45) is 0 Å². The van der Waals surface area contributed by atoms with Crippen LogP contribution in [0.25, 0.3) is 0 Å². The molecule has 0 atom stereocenters. The van der Waals surface area contributed by atoms with Gasteiger partial charge in [-0.05, 0) is 36.8 Å². The van der Waals surface area contributed by atoms with Crippen LogP contribution in [0, 0.1) is 5.82 Å². The number of aromatic nitrogens is 1. The molecule has 0 N–H and O–H groups in total. The maximum Gasteiger partial charge on any atom is 0.258 e. The molecule has 0 radical (unpaired) electrons. The second-order valence-corrected chi connectivity index (χ2v) is 5.15. The Morgan fingerprint density at radius 2 is 2.10 bits per heavy atom. The molecule has 2 rings (SSSR count). The first-order valence-corrected chi connectivity index (χ1v) is 7.09. The van der Waals surface area contributed by atoms with Gasteiger partial charge in [0.1, 0.15) is 11.0 Å². The maximum absolute atomic E-state index is 13.3. The number of halogens is 2. The summed E-state index contributed by atoms with van der Waals surface area (Å²) in [6.07, 6.45) is 1.67. The van der Waals surface area contributed by atoms with Gasteiger partial charge in [0, 0.05) is 24.0 Å². The Labute approximate surface area is 128 Å². The zero-order valence-electron chi connectivity index (χ0n) is 11.9. The van der Waals surface area contributed by atoms with Gasteiger partial charge in [0.05, 0.1) is 0 Å². The average Bonchev–Trinajstić information content (AvgIpc) is 2.45. The Morgan fingerprint density at radius 1 is 1.33 bits per heavy atom. The Kier molecular flexibility index (Phi) is 4.91. The minimum atomic E-state index is -0.383. The molecule has 3 nitrogen and oxygen atoms in total. The highest BCUT2D eigenvalue weighted by molar-refractivity contribution is 6.29. The lowest BCUT2D eigenvalue weighted by molar-refractivity contribution is 0.0992. The molecule has 0 aliphatic rings. The van der Waals surface area contributed by atoms with Crippen molar-refractivity contribution >= 4 is 23.2 Å². The largest absolute Gasteiger partial charge is 0.311 e. The third-order valence-electron chi connectivity index (χ3n) is 3.10. The number of pyridine rings is 1. The van der Waals surface area contributed by atoms with Crippen molar-refractivity contribution in [1.82, 2.24) is 4.98 Å². The van der Waals surface area contributed by atoms with Crippen molar-refractivity contribution in [2.45, 2.75) is 19.8 Å². The van der Waals surface area contributed by atoms with Crippen molar-refractivity contribution in [3.63, 3.8) is 0 Å². The molecule has 0 fully saturated rings. The molecule has 0 aliphatic heterocycles. The Hall–Kier alpha value is -1.94. The van der Waals surface area contributed by atoms with Crippen LogP contribution < -0.4 is 4.90 Å². The van der Waals surface area contributed by atoms with Crippen LogP contribution in [0.1, 0.15) is 29.4 Å². The minimum absolute atomic E-state index is 0.248. The summed E-state index contributed by atoms with van der Waals surface area (Å²) in [6.45, 7) is 2.03. The van der Waals surface area contributed by atoms with E-state index < -0.39 is 0 Å². The number of benzene rings is 1. The van der Waals surface area contributed by atoms with Crippen molar-refractivity contribution in [2.75, 3.05) is 11.9 Å². The van der Waals surface area contributed by atoms with E-state index in [9.17, 15) is 9.18 Å². The monoisotopic (exact) mass is 306 g/mol. The highest BCUT2D eigenvalue weighted by Crippen LogP contribution is 2.19. The molecule has 21 heavy (non-hydrogen) atoms. The van der Waals surface area contributed by atoms with E-state index in [1.807, 2.05) is 6.92 Å². The lowest BCUT2D eigenvalue weighted by Gasteiger charge is -2.18. The molecule has 110 valence electrons. The smallest absolute Gasteiger partial charge is 0.258 e. The van der Waals surface area contributed by atoms with Crippen LogP contribution in [0.2, 0.25) is 5.15 Å². The van der Waals surface area contributed by atoms with E-state index in [-0.39, 0.29) is 16.9 Å². The van der Waals surface area contributed by atoms with Crippen molar-refractivity contribution in [3.05, 3.63) is 58.6 Å². The number of rotatable bonds is 4. The van der Waals surface area contributed by atoms with E-state index in [1.54, 1.807) is 25.2 Å². The number of aryl methyl sites for hydroxylation is 1. The van der Waals surface area contributed by atoms with Crippen LogP contribution in [-0.2, 0) is 6.42 Å². The Balaban J connectivity index is 2.31. The number of carbonyl (C=O) groups excluding carboxylic acids is 1. The molecule has 0 saturated heterocycles. The second kappa shape index (κ2) is 6.68. The molecule has 0 bridgehead atoms. The summed E-state index contributed by atoms with van der Waals surface area (Å²) in [7, 11) is 1.60. The molecule has 1 heterocycles. The Bertz CT molecular complexity index is 660. The zero-order chi connectivity index (χ0) is 15.4. The van der Waals surface area contributed by atoms with Gasteiger partial charge >= 0.3 is 0 Å². The second-order valence-electron chi connectivity index (χ2n) is 4.76. The first-order chi connectivity index (χ1) is 10.0. The lowest BCUT2D eigenvalue weighted by atomic mass is 10.1. The van der Waals surface area contributed by atoms with E-state index in [0.717, 1.165) is 18.5 Å². The van der Waals surface area contributed by atoms with Gasteiger partial charge in [-0.2, -0.15) is 0 Å². The fourth-order valence-electron chi connectivity index (χ4n) is 2.05. The third-order valence-corrected chi connectivity index (χ3v) is 3.29. The van der Waals surface area contributed by atoms with Gasteiger partial charge in [0.25, 0.3) is 5.91 Å². The third kappa shape index (κ3) is 3.79. The number of hydrogen-bond donors (Lipinski definition) is 0. The summed E-state index contributed by atoms with van der Waals surface area (Å²) in [5.74, 6) is -0.631. The van der Waals surface area contributed by atoms with E-state index in [4.69, 9.17) is 11.6 Å². The highest BCUT2D eigenvalue weighted by atomic mass is 35.5. The topological polar surface area (TPSA) is 33.2 Å². The van der Waals surface area contributed by atoms with Crippen molar-refractivity contribution < 1.29 is 9.18 Å². The number of carbonyl (C=O) groups is 1. The van der Waals surface area contributed by atoms with Gasteiger partial charge in [0.2, 0.25) is 0 Å². The molecule has 0 unspecified atom stereocenters. The number of amides is 1. The zero-order valence-corrected chi connectivity index (χ0v) is 12.7. The fourth-order valence-corrected chi connectivity index (χ4v) is 2.28. The van der Waals surface area contributed by atoms with Crippen molar-refractivity contribution in [3.8, 4) is 0 Å². The summed E-state index contributed by atoms with van der Waals surface area (Å²) >= 11 is 5.96. The molecule has 1 aromatic heterocycles. The number of anilines is 1. The van der Waals surface area contributed by atoms with Gasteiger partial charge < -0.3 is 4.90 Å². The van der Waals surface area contributed by atoms with E-state index >= 15 is 0 Å². The van der Waals surface area contributed by atoms with Crippen LogP contribution >= 0.6 is 11.6 Å². The molecule has 5 heteroatoms. The maximum atomic E-state index is 13.3. The summed E-state index contributed by atoms with van der Waals surface area (Å²) in [4.78, 5) is 18.1. The summed E-state index contributed by atoms with van der Waals surface area (Å²) in [5.41, 5.74) is 1.72. The predicted octanol–water partition coefficient (Wildman–Crippen LogP) is 4.10. The fraction of sp³-hybridized carbons (Fsp3) is 0.250. The summed E-state index contributed by atoms with van der Waals surface area (Å²) in [6, 6.07) is 9.15. The predicted molar refractivity (Wildman–Crippen MR) is 82.4 cm³/mol. The lowest BCUT2D eigenvalue weighted by Crippen LogP contribution is -2.26. The molecule has 0 aliphatic carbocycles. The van der Waals surface area contributed by atoms with Crippen LogP contribution in [0.4, 0.5) is 10.1 Å². The number of hydrogen-bond acceptors (Lipinski definition) is 2. The number of nitrogens with zero attached hydrogens (tertiary/aromatic N) is 2. The molecular formula is C16H16ClFN2O. The van der Waals surface area contributed by atoms with Gasteiger partial charge in [-0.3, -0.25) is 4.79 Å². The first-order valence-electron chi connectivity index (χ1n) is 6.71. The molecule has 2 aromatic rings. The SMILES string of the molecule is CCCc1cc(C(=O)N(C)c2cccc(F)c2)cc(Cl)n1. The van der Waals surface area contributed by atoms with Crippen LogP contribution in [0.15, 0.2) is 36.4 Å². The van der Waals surface area contributed by atoms with E-state index in [0.29, 0.717) is 11.3 Å². The van der Waals surface area contributed by atoms with Crippen molar-refractivity contribution in [1.29, 1.82) is 0 Å². The molecule has 0 spiro atoms. The van der Waals surface area contributed by atoms with Gasteiger partial charge in [-0.1, -0.05) is 31.0 Å². The normalized spacial score (nSPS) is 10.5. The minimum Gasteiger partial charge on any atom is -0.311 e.